The lowest BCUT2D eigenvalue weighted by Gasteiger charge is -2.35. The first kappa shape index (κ1) is 17.2. The van der Waals surface area contributed by atoms with Crippen molar-refractivity contribution in [2.45, 2.75) is 6.17 Å². The molecule has 3 aromatic rings. The molecule has 138 valence electrons. The summed E-state index contributed by atoms with van der Waals surface area (Å²) in [4.78, 5) is 10.8. The third-order valence-corrected chi connectivity index (χ3v) is 4.75. The first-order chi connectivity index (χ1) is 13.0. The zero-order chi connectivity index (χ0) is 19.0. The van der Waals surface area contributed by atoms with Crippen molar-refractivity contribution in [3.63, 3.8) is 0 Å². The zero-order valence-corrected chi connectivity index (χ0v) is 15.3. The molecular formula is C20H21FN6. The normalized spacial score (nSPS) is 15.1. The minimum absolute atomic E-state index is 0.383. The van der Waals surface area contributed by atoms with Crippen LogP contribution in [0.1, 0.15) is 11.1 Å². The van der Waals surface area contributed by atoms with Crippen molar-refractivity contribution in [1.82, 2.24) is 14.8 Å². The number of alkyl halides is 1. The van der Waals surface area contributed by atoms with E-state index in [1.54, 1.807) is 17.9 Å². The van der Waals surface area contributed by atoms with E-state index in [0.29, 0.717) is 18.8 Å². The Balaban J connectivity index is 1.72. The van der Waals surface area contributed by atoms with Gasteiger partial charge in [-0.1, -0.05) is 6.07 Å². The summed E-state index contributed by atoms with van der Waals surface area (Å²) >= 11 is 0. The van der Waals surface area contributed by atoms with E-state index in [1.165, 1.54) is 0 Å². The summed E-state index contributed by atoms with van der Waals surface area (Å²) in [6.45, 7) is 0.765. The molecule has 4 rings (SSSR count). The third-order valence-electron chi connectivity index (χ3n) is 4.75. The number of benzene rings is 1. The van der Waals surface area contributed by atoms with E-state index in [9.17, 15) is 4.39 Å². The van der Waals surface area contributed by atoms with Crippen LogP contribution in [-0.4, -0.2) is 46.8 Å². The maximum atomic E-state index is 13.2. The van der Waals surface area contributed by atoms with Crippen molar-refractivity contribution in [1.29, 1.82) is 0 Å². The van der Waals surface area contributed by atoms with Gasteiger partial charge in [0.25, 0.3) is 0 Å². The molecule has 27 heavy (non-hydrogen) atoms. The number of aryl methyl sites for hydroxylation is 1. The van der Waals surface area contributed by atoms with Crippen LogP contribution in [0, 0.1) is 0 Å². The minimum Gasteiger partial charge on any atom is -0.398 e. The highest BCUT2D eigenvalue weighted by atomic mass is 19.1. The highest BCUT2D eigenvalue weighted by molar-refractivity contribution is 6.16. The quantitative estimate of drug-likeness (QED) is 0.571. The lowest BCUT2D eigenvalue weighted by Crippen LogP contribution is -2.48. The van der Waals surface area contributed by atoms with Crippen LogP contribution in [0.25, 0.3) is 11.1 Å². The van der Waals surface area contributed by atoms with Crippen molar-refractivity contribution < 1.29 is 4.39 Å². The van der Waals surface area contributed by atoms with Gasteiger partial charge in [-0.2, -0.15) is 5.10 Å². The molecule has 1 aromatic carbocycles. The van der Waals surface area contributed by atoms with Gasteiger partial charge in [-0.25, -0.2) is 9.37 Å². The molecule has 3 heterocycles. The maximum Gasteiger partial charge on any atom is 0.135 e. The number of aliphatic imine (C=N–C) groups is 1. The fraction of sp³-hybridized carbons (Fsp3) is 0.250. The van der Waals surface area contributed by atoms with Gasteiger partial charge >= 0.3 is 0 Å². The molecule has 0 aliphatic carbocycles. The third kappa shape index (κ3) is 3.28. The van der Waals surface area contributed by atoms with Gasteiger partial charge in [0.2, 0.25) is 0 Å². The van der Waals surface area contributed by atoms with Gasteiger partial charge in [-0.3, -0.25) is 9.67 Å². The fourth-order valence-electron chi connectivity index (χ4n) is 3.27. The van der Waals surface area contributed by atoms with Gasteiger partial charge in [0.15, 0.2) is 0 Å². The molecule has 1 fully saturated rings. The first-order valence-electron chi connectivity index (χ1n) is 8.76. The second-order valence-corrected chi connectivity index (χ2v) is 6.68. The Hall–Kier alpha value is -3.22. The average molecular weight is 364 g/mol. The molecule has 0 spiro atoms. The van der Waals surface area contributed by atoms with Gasteiger partial charge in [-0.05, 0) is 29.8 Å². The van der Waals surface area contributed by atoms with Crippen molar-refractivity contribution >= 4 is 17.2 Å². The van der Waals surface area contributed by atoms with Crippen LogP contribution in [0.4, 0.5) is 15.9 Å². The molecule has 1 aliphatic heterocycles. The van der Waals surface area contributed by atoms with Gasteiger partial charge in [0.1, 0.15) is 12.0 Å². The van der Waals surface area contributed by atoms with Crippen molar-refractivity contribution in [3.05, 3.63) is 60.0 Å². The Labute approximate surface area is 157 Å². The number of nitrogens with two attached hydrogens (primary N) is 1. The van der Waals surface area contributed by atoms with Crippen LogP contribution in [0.15, 0.2) is 53.9 Å². The number of nitrogen functional groups attached to an aromatic ring is 1. The molecule has 0 bridgehead atoms. The molecule has 7 heteroatoms. The number of rotatable bonds is 4. The lowest BCUT2D eigenvalue weighted by atomic mass is 9.97. The predicted molar refractivity (Wildman–Crippen MR) is 106 cm³/mol. The minimum atomic E-state index is -0.776. The van der Waals surface area contributed by atoms with Crippen LogP contribution in [-0.2, 0) is 7.05 Å². The molecule has 6 nitrogen and oxygen atoms in total. The van der Waals surface area contributed by atoms with E-state index >= 15 is 0 Å². The topological polar surface area (TPSA) is 72.3 Å². The maximum absolute atomic E-state index is 13.2. The molecule has 0 radical (unpaired) electrons. The Morgan fingerprint density at radius 2 is 2.04 bits per heavy atom. The Morgan fingerprint density at radius 1 is 1.22 bits per heavy atom. The number of hydrogen-bond donors (Lipinski definition) is 1. The van der Waals surface area contributed by atoms with E-state index in [1.807, 2.05) is 54.7 Å². The van der Waals surface area contributed by atoms with Gasteiger partial charge in [-0.15, -0.1) is 0 Å². The monoisotopic (exact) mass is 364 g/mol. The van der Waals surface area contributed by atoms with Crippen LogP contribution >= 0.6 is 0 Å². The number of aromatic nitrogens is 3. The smallest absolute Gasteiger partial charge is 0.135 e. The number of nitrogens with zero attached hydrogens (tertiary/aromatic N) is 5. The Morgan fingerprint density at radius 3 is 2.70 bits per heavy atom. The molecule has 1 aliphatic rings. The number of anilines is 2. The summed E-state index contributed by atoms with van der Waals surface area (Å²) in [6.07, 6.45) is 4.73. The Kier molecular flexibility index (Phi) is 4.35. The van der Waals surface area contributed by atoms with Crippen LogP contribution in [0.2, 0.25) is 0 Å². The standard InChI is InChI=1S/C20H21FN6/c1-23-20(14-5-6-24-19(8-14)27-11-16(21)12-27)17-7-13(3-4-18(17)22)15-9-25-26(2)10-15/h3-10,16H,11-12,22H2,1-2H3/b23-20-. The molecule has 2 aromatic heterocycles. The molecule has 0 unspecified atom stereocenters. The molecule has 2 N–H and O–H groups in total. The SMILES string of the molecule is C/N=C(/c1ccnc(N2CC(F)C2)c1)c1cc(-c2cnn(C)c2)ccc1N. The molecule has 0 amide bonds. The van der Waals surface area contributed by atoms with Crippen LogP contribution < -0.4 is 10.6 Å². The van der Waals surface area contributed by atoms with Crippen molar-refractivity contribution in [3.8, 4) is 11.1 Å². The zero-order valence-electron chi connectivity index (χ0n) is 15.3. The van der Waals surface area contributed by atoms with Crippen molar-refractivity contribution in [2.75, 3.05) is 30.8 Å². The molecular weight excluding hydrogens is 343 g/mol. The predicted octanol–water partition coefficient (Wildman–Crippen LogP) is 2.69. The van der Waals surface area contributed by atoms with Crippen LogP contribution in [0.5, 0.6) is 0 Å². The Bertz CT molecular complexity index is 1000. The number of halogens is 1. The number of pyridine rings is 1. The van der Waals surface area contributed by atoms with Crippen LogP contribution in [0.3, 0.4) is 0 Å². The van der Waals surface area contributed by atoms with E-state index < -0.39 is 6.17 Å². The summed E-state index contributed by atoms with van der Waals surface area (Å²) in [5.74, 6) is 0.754. The summed E-state index contributed by atoms with van der Waals surface area (Å²) in [5, 5.41) is 4.23. The molecule has 0 atom stereocenters. The first-order valence-corrected chi connectivity index (χ1v) is 8.76. The van der Waals surface area contributed by atoms with Gasteiger partial charge < -0.3 is 10.6 Å². The highest BCUT2D eigenvalue weighted by Crippen LogP contribution is 2.27. The van der Waals surface area contributed by atoms with Gasteiger partial charge in [0, 0.05) is 48.9 Å². The highest BCUT2D eigenvalue weighted by Gasteiger charge is 2.27. The van der Waals surface area contributed by atoms with E-state index in [-0.39, 0.29) is 0 Å². The summed E-state index contributed by atoms with van der Waals surface area (Å²) in [5.41, 5.74) is 11.5. The van der Waals surface area contributed by atoms with Crippen molar-refractivity contribution in [2.24, 2.45) is 12.0 Å². The second-order valence-electron chi connectivity index (χ2n) is 6.68. The van der Waals surface area contributed by atoms with E-state index in [4.69, 9.17) is 5.73 Å². The summed E-state index contributed by atoms with van der Waals surface area (Å²) in [7, 11) is 3.63. The summed E-state index contributed by atoms with van der Waals surface area (Å²) in [6, 6.07) is 9.71. The fourth-order valence-corrected chi connectivity index (χ4v) is 3.27. The summed E-state index contributed by atoms with van der Waals surface area (Å²) < 4.78 is 15.0. The van der Waals surface area contributed by atoms with E-state index in [0.717, 1.165) is 33.8 Å². The lowest BCUT2D eigenvalue weighted by molar-refractivity contribution is 0.273. The average Bonchev–Trinajstić information content (AvgIpc) is 3.08. The van der Waals surface area contributed by atoms with Gasteiger partial charge in [0.05, 0.1) is 25.0 Å². The second kappa shape index (κ2) is 6.83. The largest absolute Gasteiger partial charge is 0.398 e. The van der Waals surface area contributed by atoms with E-state index in [2.05, 4.69) is 15.1 Å². The molecule has 0 saturated carbocycles. The number of hydrogen-bond acceptors (Lipinski definition) is 5. The molecule has 1 saturated heterocycles.